The van der Waals surface area contributed by atoms with Gasteiger partial charge in [-0.1, -0.05) is 65.7 Å². The number of sulfonamides is 1. The van der Waals surface area contributed by atoms with E-state index >= 15 is 0 Å². The molecular weight excluding hydrogens is 566 g/mol. The zero-order valence-electron chi connectivity index (χ0n) is 22.2. The topological polar surface area (TPSA) is 118 Å². The first kappa shape index (κ1) is 29.4. The average molecular weight is 592 g/mol. The van der Waals surface area contributed by atoms with Crippen molar-refractivity contribution in [1.82, 2.24) is 4.31 Å². The van der Waals surface area contributed by atoms with Crippen LogP contribution in [0.3, 0.4) is 0 Å². The summed E-state index contributed by atoms with van der Waals surface area (Å²) in [5.74, 6) is -1.27. The molecule has 210 valence electrons. The lowest BCUT2D eigenvalue weighted by Crippen LogP contribution is -2.40. The minimum Gasteiger partial charge on any atom is -0.300 e. The number of nitro benzene ring substituents is 1. The van der Waals surface area contributed by atoms with Gasteiger partial charge < -0.3 is 4.90 Å². The summed E-state index contributed by atoms with van der Waals surface area (Å²) in [6, 6.07) is 25.3. The number of hydrogen-bond acceptors (Lipinski definition) is 6. The molecule has 0 bridgehead atoms. The largest absolute Gasteiger partial charge is 0.300 e. The van der Waals surface area contributed by atoms with Gasteiger partial charge in [0.1, 0.15) is 0 Å². The third-order valence-corrected chi connectivity index (χ3v) is 8.55. The second-order valence-corrected chi connectivity index (χ2v) is 11.7. The highest BCUT2D eigenvalue weighted by Crippen LogP contribution is 2.35. The number of non-ortho nitro benzene ring substituents is 1. The van der Waals surface area contributed by atoms with Gasteiger partial charge in [0.15, 0.2) is 0 Å². The van der Waals surface area contributed by atoms with Crippen LogP contribution in [-0.4, -0.2) is 36.5 Å². The van der Waals surface area contributed by atoms with E-state index in [4.69, 9.17) is 11.6 Å². The molecule has 0 saturated carbocycles. The van der Waals surface area contributed by atoms with E-state index in [-0.39, 0.29) is 10.6 Å². The molecule has 0 aliphatic carbocycles. The number of amides is 2. The molecule has 4 aromatic carbocycles. The maximum absolute atomic E-state index is 14.0. The van der Waals surface area contributed by atoms with Crippen LogP contribution in [0.4, 0.5) is 11.4 Å². The van der Waals surface area contributed by atoms with Gasteiger partial charge in [-0.2, -0.15) is 0 Å². The maximum atomic E-state index is 14.0. The summed E-state index contributed by atoms with van der Waals surface area (Å²) >= 11 is 6.27. The summed E-state index contributed by atoms with van der Waals surface area (Å²) in [5, 5.41) is 11.6. The Labute approximate surface area is 242 Å². The highest BCUT2D eigenvalue weighted by Gasteiger charge is 2.34. The van der Waals surface area contributed by atoms with E-state index in [2.05, 4.69) is 0 Å². The summed E-state index contributed by atoms with van der Waals surface area (Å²) in [5.41, 5.74) is 1.72. The Kier molecular flexibility index (Phi) is 8.85. The molecule has 0 aliphatic heterocycles. The maximum Gasteiger partial charge on any atom is 0.269 e. The molecule has 0 spiro atoms. The van der Waals surface area contributed by atoms with Crippen molar-refractivity contribution < 1.29 is 22.9 Å². The first-order chi connectivity index (χ1) is 19.5. The van der Waals surface area contributed by atoms with Crippen molar-refractivity contribution in [2.24, 2.45) is 0 Å². The Morgan fingerprint density at radius 3 is 2.12 bits per heavy atom. The molecule has 1 atom stereocenters. The molecule has 4 aromatic rings. The van der Waals surface area contributed by atoms with Crippen molar-refractivity contribution in [2.75, 3.05) is 11.9 Å². The molecule has 0 unspecified atom stereocenters. The number of carbonyl (C=O) groups excluding carboxylic acids is 2. The van der Waals surface area contributed by atoms with Gasteiger partial charge in [-0.05, 0) is 55.0 Å². The van der Waals surface area contributed by atoms with Crippen LogP contribution >= 0.6 is 11.6 Å². The summed E-state index contributed by atoms with van der Waals surface area (Å²) in [6.45, 7) is 1.81. The Morgan fingerprint density at radius 1 is 0.902 bits per heavy atom. The van der Waals surface area contributed by atoms with E-state index in [1.54, 1.807) is 66.7 Å². The Hall–Kier alpha value is -4.54. The van der Waals surface area contributed by atoms with Crippen molar-refractivity contribution in [2.45, 2.75) is 24.3 Å². The van der Waals surface area contributed by atoms with Crippen LogP contribution in [0.25, 0.3) is 0 Å². The van der Waals surface area contributed by atoms with E-state index in [9.17, 15) is 28.1 Å². The highest BCUT2D eigenvalue weighted by atomic mass is 35.5. The first-order valence-electron chi connectivity index (χ1n) is 12.5. The molecule has 0 saturated heterocycles. The Balaban J connectivity index is 1.82. The second kappa shape index (κ2) is 12.3. The summed E-state index contributed by atoms with van der Waals surface area (Å²) in [6.07, 6.45) is -0.454. The van der Waals surface area contributed by atoms with E-state index < -0.39 is 39.2 Å². The molecule has 0 fully saturated rings. The predicted molar refractivity (Wildman–Crippen MR) is 156 cm³/mol. The fourth-order valence-corrected chi connectivity index (χ4v) is 5.58. The van der Waals surface area contributed by atoms with Crippen LogP contribution in [0.2, 0.25) is 5.02 Å². The first-order valence-corrected chi connectivity index (χ1v) is 14.3. The third kappa shape index (κ3) is 6.62. The number of carbonyl (C=O) groups is 2. The number of nitro groups is 1. The molecular formula is C30H26ClN3O6S. The smallest absolute Gasteiger partial charge is 0.269 e. The lowest BCUT2D eigenvalue weighted by molar-refractivity contribution is -0.384. The van der Waals surface area contributed by atoms with Crippen molar-refractivity contribution in [3.8, 4) is 0 Å². The molecule has 0 radical (unpaired) electrons. The van der Waals surface area contributed by atoms with Crippen LogP contribution in [0, 0.1) is 17.0 Å². The standard InChI is InChI=1S/C30H26ClN3O6S/c1-21-11-17-27(18-12-21)41(39,40)32(2)29(35)20-28(22-13-15-25(16-14-22)34(37)38)33(26-10-6-9-24(31)19-26)30(36)23-7-4-3-5-8-23/h3-19,28H,20H2,1-2H3/t28-/m1/s1. The number of benzene rings is 4. The number of hydrogen-bond donors (Lipinski definition) is 0. The molecule has 2 amide bonds. The van der Waals surface area contributed by atoms with Gasteiger partial charge in [0.05, 0.1) is 22.3 Å². The number of halogens is 1. The predicted octanol–water partition coefficient (Wildman–Crippen LogP) is 6.18. The fourth-order valence-electron chi connectivity index (χ4n) is 4.26. The highest BCUT2D eigenvalue weighted by molar-refractivity contribution is 7.89. The van der Waals surface area contributed by atoms with Crippen molar-refractivity contribution in [1.29, 1.82) is 0 Å². The molecule has 9 nitrogen and oxygen atoms in total. The van der Waals surface area contributed by atoms with E-state index in [0.717, 1.165) is 12.6 Å². The monoisotopic (exact) mass is 591 g/mol. The number of aryl methyl sites for hydroxylation is 1. The third-order valence-electron chi connectivity index (χ3n) is 6.52. The van der Waals surface area contributed by atoms with E-state index in [1.165, 1.54) is 41.3 Å². The Morgan fingerprint density at radius 2 is 1.54 bits per heavy atom. The zero-order chi connectivity index (χ0) is 29.7. The van der Waals surface area contributed by atoms with Gasteiger partial charge in [-0.25, -0.2) is 12.7 Å². The minimum atomic E-state index is -4.20. The normalized spacial score (nSPS) is 11.9. The molecule has 11 heteroatoms. The number of anilines is 1. The summed E-state index contributed by atoms with van der Waals surface area (Å²) in [7, 11) is -3.04. The molecule has 0 N–H and O–H groups in total. The molecule has 4 rings (SSSR count). The van der Waals surface area contributed by atoms with Crippen LogP contribution in [0.5, 0.6) is 0 Å². The summed E-state index contributed by atoms with van der Waals surface area (Å²) in [4.78, 5) is 39.6. The van der Waals surface area contributed by atoms with Crippen molar-refractivity contribution >= 4 is 44.8 Å². The second-order valence-electron chi connectivity index (χ2n) is 9.27. The van der Waals surface area contributed by atoms with Gasteiger partial charge in [0.2, 0.25) is 5.91 Å². The number of rotatable bonds is 9. The molecule has 0 aliphatic rings. The lowest BCUT2D eigenvalue weighted by Gasteiger charge is -2.33. The van der Waals surface area contributed by atoms with Crippen molar-refractivity contribution in [3.63, 3.8) is 0 Å². The van der Waals surface area contributed by atoms with Crippen LogP contribution in [-0.2, 0) is 14.8 Å². The van der Waals surface area contributed by atoms with Crippen LogP contribution in [0.1, 0.15) is 33.9 Å². The average Bonchev–Trinajstić information content (AvgIpc) is 2.97. The minimum absolute atomic E-state index is 0.0575. The number of nitrogens with zero attached hydrogens (tertiary/aromatic N) is 3. The Bertz CT molecular complexity index is 1680. The van der Waals surface area contributed by atoms with Gasteiger partial charge >= 0.3 is 0 Å². The van der Waals surface area contributed by atoms with Gasteiger partial charge in [-0.15, -0.1) is 0 Å². The van der Waals surface area contributed by atoms with E-state index in [1.807, 2.05) is 6.92 Å². The summed E-state index contributed by atoms with van der Waals surface area (Å²) < 4.78 is 27.2. The van der Waals surface area contributed by atoms with Gasteiger partial charge in [0.25, 0.3) is 21.6 Å². The van der Waals surface area contributed by atoms with Gasteiger partial charge in [0, 0.05) is 35.5 Å². The van der Waals surface area contributed by atoms with Crippen LogP contribution < -0.4 is 4.90 Å². The SMILES string of the molecule is Cc1ccc(S(=O)(=O)N(C)C(=O)C[C@H](c2ccc([N+](=O)[O-])cc2)N(C(=O)c2ccccc2)c2cccc(Cl)c2)cc1. The van der Waals surface area contributed by atoms with Gasteiger partial charge in [-0.3, -0.25) is 19.7 Å². The molecule has 0 heterocycles. The van der Waals surface area contributed by atoms with E-state index in [0.29, 0.717) is 26.1 Å². The van der Waals surface area contributed by atoms with Crippen LogP contribution in [0.15, 0.2) is 108 Å². The fraction of sp³-hybridized carbons (Fsp3) is 0.133. The quantitative estimate of drug-likeness (QED) is 0.169. The molecule has 41 heavy (non-hydrogen) atoms. The zero-order valence-corrected chi connectivity index (χ0v) is 23.7. The lowest BCUT2D eigenvalue weighted by atomic mass is 9.99. The molecule has 0 aromatic heterocycles. The van der Waals surface area contributed by atoms with Crippen molar-refractivity contribution in [3.05, 3.63) is 135 Å².